The van der Waals surface area contributed by atoms with Gasteiger partial charge in [0.05, 0.1) is 6.54 Å². The summed E-state index contributed by atoms with van der Waals surface area (Å²) in [4.78, 5) is 11.0. The van der Waals surface area contributed by atoms with E-state index in [1.807, 2.05) is 0 Å². The van der Waals surface area contributed by atoms with Crippen LogP contribution in [0, 0.1) is 5.41 Å². The Morgan fingerprint density at radius 2 is 2.17 bits per heavy atom. The van der Waals surface area contributed by atoms with Crippen LogP contribution in [-0.2, 0) is 4.79 Å². The molecular formula is C9H16N2O. The molecule has 0 saturated heterocycles. The van der Waals surface area contributed by atoms with Crippen LogP contribution in [0.2, 0.25) is 0 Å². The van der Waals surface area contributed by atoms with Crippen LogP contribution in [0.3, 0.4) is 0 Å². The average molecular weight is 168 g/mol. The van der Waals surface area contributed by atoms with Crippen molar-refractivity contribution in [1.82, 2.24) is 5.32 Å². The quantitative estimate of drug-likeness (QED) is 0.627. The molecule has 1 atom stereocenters. The number of hydrogen-bond acceptors (Lipinski definition) is 2. The summed E-state index contributed by atoms with van der Waals surface area (Å²) in [5.41, 5.74) is 5.73. The third-order valence-electron chi connectivity index (χ3n) is 3.31. The molecule has 68 valence electrons. The van der Waals surface area contributed by atoms with E-state index < -0.39 is 0 Å². The van der Waals surface area contributed by atoms with E-state index in [2.05, 4.69) is 5.32 Å². The second-order valence-corrected chi connectivity index (χ2v) is 4.10. The maximum atomic E-state index is 11.0. The Kier molecular flexibility index (Phi) is 1.83. The van der Waals surface area contributed by atoms with E-state index in [0.29, 0.717) is 11.5 Å². The number of nitrogens with one attached hydrogen (secondary N) is 1. The summed E-state index contributed by atoms with van der Waals surface area (Å²) >= 11 is 0. The summed E-state index contributed by atoms with van der Waals surface area (Å²) in [6.07, 6.45) is 6.49. The van der Waals surface area contributed by atoms with Crippen molar-refractivity contribution in [3.05, 3.63) is 0 Å². The first kappa shape index (κ1) is 8.05. The van der Waals surface area contributed by atoms with Gasteiger partial charge in [-0.05, 0) is 24.7 Å². The molecule has 0 heterocycles. The second-order valence-electron chi connectivity index (χ2n) is 4.10. The van der Waals surface area contributed by atoms with Crippen LogP contribution in [0.5, 0.6) is 0 Å². The highest BCUT2D eigenvalue weighted by Gasteiger charge is 2.55. The predicted octanol–water partition coefficient (Wildman–Crippen LogP) is 0.394. The molecule has 0 bridgehead atoms. The molecule has 0 aromatic heterocycles. The van der Waals surface area contributed by atoms with Gasteiger partial charge in [0, 0.05) is 6.04 Å². The summed E-state index contributed by atoms with van der Waals surface area (Å²) in [7, 11) is 0. The van der Waals surface area contributed by atoms with Crippen molar-refractivity contribution in [1.29, 1.82) is 0 Å². The molecule has 0 aromatic carbocycles. The SMILES string of the molecule is NCC(=O)NC1CC12CCCC2. The second kappa shape index (κ2) is 2.73. The van der Waals surface area contributed by atoms with Gasteiger partial charge >= 0.3 is 0 Å². The fourth-order valence-corrected chi connectivity index (χ4v) is 2.44. The molecule has 2 saturated carbocycles. The molecular weight excluding hydrogens is 152 g/mol. The lowest BCUT2D eigenvalue weighted by Gasteiger charge is -2.08. The van der Waals surface area contributed by atoms with Gasteiger partial charge in [-0.1, -0.05) is 12.8 Å². The molecule has 3 N–H and O–H groups in total. The van der Waals surface area contributed by atoms with Crippen molar-refractivity contribution in [2.45, 2.75) is 38.1 Å². The summed E-state index contributed by atoms with van der Waals surface area (Å²) in [5.74, 6) is 0.00350. The van der Waals surface area contributed by atoms with Crippen molar-refractivity contribution >= 4 is 5.91 Å². The van der Waals surface area contributed by atoms with Gasteiger partial charge in [-0.15, -0.1) is 0 Å². The molecule has 0 aromatic rings. The van der Waals surface area contributed by atoms with Crippen LogP contribution in [-0.4, -0.2) is 18.5 Å². The predicted molar refractivity (Wildman–Crippen MR) is 46.5 cm³/mol. The van der Waals surface area contributed by atoms with Crippen molar-refractivity contribution < 1.29 is 4.79 Å². The lowest BCUT2D eigenvalue weighted by Crippen LogP contribution is -2.34. The van der Waals surface area contributed by atoms with Crippen LogP contribution < -0.4 is 11.1 Å². The number of carbonyl (C=O) groups is 1. The lowest BCUT2D eigenvalue weighted by atomic mass is 10.1. The standard InChI is InChI=1S/C9H16N2O/c10-6-8(12)11-7-5-9(7)3-1-2-4-9/h7H,1-6,10H2,(H,11,12). The van der Waals surface area contributed by atoms with Crippen molar-refractivity contribution in [2.24, 2.45) is 11.1 Å². The topological polar surface area (TPSA) is 55.1 Å². The third kappa shape index (κ3) is 1.22. The number of nitrogens with two attached hydrogens (primary N) is 1. The molecule has 0 aliphatic heterocycles. The minimum absolute atomic E-state index is 0.00350. The third-order valence-corrected chi connectivity index (χ3v) is 3.31. The maximum absolute atomic E-state index is 11.0. The summed E-state index contributed by atoms with van der Waals surface area (Å²) in [6, 6.07) is 0.455. The lowest BCUT2D eigenvalue weighted by molar-refractivity contribution is -0.120. The summed E-state index contributed by atoms with van der Waals surface area (Å²) < 4.78 is 0. The monoisotopic (exact) mass is 168 g/mol. The highest BCUT2D eigenvalue weighted by Crippen LogP contribution is 2.57. The van der Waals surface area contributed by atoms with E-state index in [1.54, 1.807) is 0 Å². The number of rotatable bonds is 2. The van der Waals surface area contributed by atoms with Crippen molar-refractivity contribution in [3.63, 3.8) is 0 Å². The zero-order valence-electron chi connectivity index (χ0n) is 7.31. The van der Waals surface area contributed by atoms with Gasteiger partial charge in [-0.25, -0.2) is 0 Å². The Morgan fingerprint density at radius 1 is 1.50 bits per heavy atom. The van der Waals surface area contributed by atoms with Gasteiger partial charge in [-0.2, -0.15) is 0 Å². The van der Waals surface area contributed by atoms with Crippen LogP contribution in [0.25, 0.3) is 0 Å². The van der Waals surface area contributed by atoms with Gasteiger partial charge in [0.2, 0.25) is 5.91 Å². The molecule has 2 rings (SSSR count). The van der Waals surface area contributed by atoms with E-state index >= 15 is 0 Å². The Bertz CT molecular complexity index is 197. The molecule has 12 heavy (non-hydrogen) atoms. The Balaban J connectivity index is 1.83. The Labute approximate surface area is 72.7 Å². The number of hydrogen-bond donors (Lipinski definition) is 2. The highest BCUT2D eigenvalue weighted by molar-refractivity contribution is 5.78. The van der Waals surface area contributed by atoms with E-state index in [4.69, 9.17) is 5.73 Å². The first-order valence-corrected chi connectivity index (χ1v) is 4.76. The molecule has 2 aliphatic carbocycles. The number of amides is 1. The minimum atomic E-state index is 0.00350. The molecule has 0 radical (unpaired) electrons. The minimum Gasteiger partial charge on any atom is -0.352 e. The molecule has 1 spiro atoms. The van der Waals surface area contributed by atoms with Gasteiger partial charge < -0.3 is 11.1 Å². The Morgan fingerprint density at radius 3 is 2.75 bits per heavy atom. The van der Waals surface area contributed by atoms with E-state index in [1.165, 1.54) is 32.1 Å². The van der Waals surface area contributed by atoms with Gasteiger partial charge in [-0.3, -0.25) is 4.79 Å². The zero-order valence-corrected chi connectivity index (χ0v) is 7.31. The van der Waals surface area contributed by atoms with Crippen LogP contribution in [0.15, 0.2) is 0 Å². The number of carbonyl (C=O) groups excluding carboxylic acids is 1. The fraction of sp³-hybridized carbons (Fsp3) is 0.889. The Hall–Kier alpha value is -0.570. The molecule has 2 fully saturated rings. The van der Waals surface area contributed by atoms with E-state index in [9.17, 15) is 4.79 Å². The molecule has 1 amide bonds. The largest absolute Gasteiger partial charge is 0.352 e. The van der Waals surface area contributed by atoms with E-state index in [0.717, 1.165) is 0 Å². The van der Waals surface area contributed by atoms with Crippen molar-refractivity contribution in [3.8, 4) is 0 Å². The maximum Gasteiger partial charge on any atom is 0.233 e. The van der Waals surface area contributed by atoms with Gasteiger partial charge in [0.1, 0.15) is 0 Å². The molecule has 3 nitrogen and oxygen atoms in total. The summed E-state index contributed by atoms with van der Waals surface area (Å²) in [5, 5.41) is 2.97. The smallest absolute Gasteiger partial charge is 0.233 e. The molecule has 2 aliphatic rings. The molecule has 3 heteroatoms. The molecule has 1 unspecified atom stereocenters. The fourth-order valence-electron chi connectivity index (χ4n) is 2.44. The first-order valence-electron chi connectivity index (χ1n) is 4.76. The zero-order chi connectivity index (χ0) is 8.60. The van der Waals surface area contributed by atoms with Crippen LogP contribution in [0.4, 0.5) is 0 Å². The first-order chi connectivity index (χ1) is 5.77. The van der Waals surface area contributed by atoms with E-state index in [-0.39, 0.29) is 12.5 Å². The van der Waals surface area contributed by atoms with Crippen molar-refractivity contribution in [2.75, 3.05) is 6.54 Å². The van der Waals surface area contributed by atoms with Crippen LogP contribution >= 0.6 is 0 Å². The average Bonchev–Trinajstić information content (AvgIpc) is 2.51. The van der Waals surface area contributed by atoms with Gasteiger partial charge in [0.15, 0.2) is 0 Å². The normalized spacial score (nSPS) is 30.6. The van der Waals surface area contributed by atoms with Gasteiger partial charge in [0.25, 0.3) is 0 Å². The highest BCUT2D eigenvalue weighted by atomic mass is 16.1. The summed E-state index contributed by atoms with van der Waals surface area (Å²) in [6.45, 7) is 0.132. The van der Waals surface area contributed by atoms with Crippen LogP contribution in [0.1, 0.15) is 32.1 Å².